The van der Waals surface area contributed by atoms with Gasteiger partial charge in [-0.05, 0) is 36.3 Å². The van der Waals surface area contributed by atoms with Crippen LogP contribution in [0.1, 0.15) is 36.6 Å². The molecule has 18 heavy (non-hydrogen) atoms. The van der Waals surface area contributed by atoms with Crippen LogP contribution in [0.4, 0.5) is 0 Å². The maximum Gasteiger partial charge on any atom is 0.124 e. The van der Waals surface area contributed by atoms with Crippen LogP contribution in [0.2, 0.25) is 0 Å². The molecular weight excluding hydrogens is 244 g/mol. The van der Waals surface area contributed by atoms with E-state index in [0.717, 1.165) is 11.5 Å². The highest BCUT2D eigenvalue weighted by atomic mass is 32.2. The summed E-state index contributed by atoms with van der Waals surface area (Å²) in [6.45, 7) is 8.57. The van der Waals surface area contributed by atoms with Gasteiger partial charge in [0, 0.05) is 11.3 Å². The molecule has 1 aromatic rings. The van der Waals surface area contributed by atoms with Crippen molar-refractivity contribution in [2.75, 3.05) is 12.9 Å². The first-order valence-corrected chi connectivity index (χ1v) is 7.27. The van der Waals surface area contributed by atoms with E-state index in [1.165, 1.54) is 16.7 Å². The highest BCUT2D eigenvalue weighted by Crippen LogP contribution is 2.32. The van der Waals surface area contributed by atoms with E-state index >= 15 is 0 Å². The molecule has 3 N–H and O–H groups in total. The summed E-state index contributed by atoms with van der Waals surface area (Å²) >= 11 is 1.89. The number of ether oxygens (including phenoxy) is 1. The van der Waals surface area contributed by atoms with Crippen molar-refractivity contribution in [1.82, 2.24) is 5.43 Å². The molecule has 0 aliphatic heterocycles. The fourth-order valence-electron chi connectivity index (χ4n) is 2.06. The van der Waals surface area contributed by atoms with Crippen molar-refractivity contribution in [3.8, 4) is 5.75 Å². The number of benzene rings is 1. The van der Waals surface area contributed by atoms with Crippen molar-refractivity contribution in [3.63, 3.8) is 0 Å². The first-order valence-electron chi connectivity index (χ1n) is 6.22. The lowest BCUT2D eigenvalue weighted by molar-refractivity contribution is 0.402. The quantitative estimate of drug-likeness (QED) is 0.615. The molecule has 0 spiro atoms. The minimum atomic E-state index is 0.118. The van der Waals surface area contributed by atoms with Gasteiger partial charge in [-0.1, -0.05) is 19.9 Å². The second kappa shape index (κ2) is 7.02. The molecule has 4 heteroatoms. The molecule has 0 aliphatic rings. The normalized spacial score (nSPS) is 12.8. The molecule has 0 amide bonds. The monoisotopic (exact) mass is 268 g/mol. The molecule has 0 heterocycles. The van der Waals surface area contributed by atoms with Crippen LogP contribution in [0.25, 0.3) is 0 Å². The number of hydrogen-bond donors (Lipinski definition) is 2. The molecule has 3 nitrogen and oxygen atoms in total. The molecule has 102 valence electrons. The van der Waals surface area contributed by atoms with Crippen molar-refractivity contribution < 1.29 is 4.74 Å². The van der Waals surface area contributed by atoms with E-state index in [4.69, 9.17) is 10.6 Å². The maximum atomic E-state index is 5.70. The molecule has 0 saturated carbocycles. The average Bonchev–Trinajstić information content (AvgIpc) is 2.30. The Hall–Kier alpha value is -0.710. The van der Waals surface area contributed by atoms with Crippen LogP contribution in [-0.2, 0) is 0 Å². The summed E-state index contributed by atoms with van der Waals surface area (Å²) in [5.41, 5.74) is 6.50. The summed E-state index contributed by atoms with van der Waals surface area (Å²) in [7, 11) is 1.71. The Morgan fingerprint density at radius 1 is 1.33 bits per heavy atom. The second-order valence-corrected chi connectivity index (χ2v) is 6.41. The number of hydrogen-bond acceptors (Lipinski definition) is 4. The standard InChI is InChI=1S/C14H24N2OS/c1-9(2)18-8-12(16-15)14-11(4)6-10(3)7-13(14)17-5/h6-7,9,12,16H,8,15H2,1-5H3. The van der Waals surface area contributed by atoms with Gasteiger partial charge in [0.25, 0.3) is 0 Å². The van der Waals surface area contributed by atoms with Gasteiger partial charge >= 0.3 is 0 Å². The molecule has 0 fully saturated rings. The van der Waals surface area contributed by atoms with Crippen LogP contribution >= 0.6 is 11.8 Å². The van der Waals surface area contributed by atoms with Crippen molar-refractivity contribution in [2.45, 2.75) is 39.0 Å². The molecular formula is C14H24N2OS. The van der Waals surface area contributed by atoms with Gasteiger partial charge in [-0.25, -0.2) is 0 Å². The van der Waals surface area contributed by atoms with E-state index in [0.29, 0.717) is 5.25 Å². The van der Waals surface area contributed by atoms with E-state index < -0.39 is 0 Å². The first-order chi connectivity index (χ1) is 8.49. The lowest BCUT2D eigenvalue weighted by Crippen LogP contribution is -2.31. The van der Waals surface area contributed by atoms with Gasteiger partial charge in [0.05, 0.1) is 13.2 Å². The molecule has 0 aliphatic carbocycles. The smallest absolute Gasteiger partial charge is 0.124 e. The lowest BCUT2D eigenvalue weighted by atomic mass is 9.99. The molecule has 0 saturated heterocycles. The van der Waals surface area contributed by atoms with Gasteiger partial charge in [-0.2, -0.15) is 11.8 Å². The Morgan fingerprint density at radius 2 is 2.00 bits per heavy atom. The lowest BCUT2D eigenvalue weighted by Gasteiger charge is -2.22. The zero-order chi connectivity index (χ0) is 13.7. The zero-order valence-corrected chi connectivity index (χ0v) is 12.7. The second-order valence-electron chi connectivity index (χ2n) is 4.80. The number of thioether (sulfide) groups is 1. The Kier molecular flexibility index (Phi) is 5.99. The van der Waals surface area contributed by atoms with E-state index in [9.17, 15) is 0 Å². The van der Waals surface area contributed by atoms with Gasteiger partial charge in [0.1, 0.15) is 5.75 Å². The number of nitrogens with two attached hydrogens (primary N) is 1. The highest BCUT2D eigenvalue weighted by molar-refractivity contribution is 7.99. The Morgan fingerprint density at radius 3 is 2.50 bits per heavy atom. The summed E-state index contributed by atoms with van der Waals surface area (Å²) in [5.74, 6) is 7.56. The number of nitrogens with one attached hydrogen (secondary N) is 1. The summed E-state index contributed by atoms with van der Waals surface area (Å²) in [6.07, 6.45) is 0. The Bertz CT molecular complexity index is 394. The van der Waals surface area contributed by atoms with Crippen LogP contribution in [-0.4, -0.2) is 18.1 Å². The Balaban J connectivity index is 3.04. The topological polar surface area (TPSA) is 47.3 Å². The number of methoxy groups -OCH3 is 1. The van der Waals surface area contributed by atoms with E-state index in [2.05, 4.69) is 45.3 Å². The minimum Gasteiger partial charge on any atom is -0.496 e. The average molecular weight is 268 g/mol. The summed E-state index contributed by atoms with van der Waals surface area (Å²) in [6, 6.07) is 4.35. The van der Waals surface area contributed by atoms with Crippen molar-refractivity contribution in [3.05, 3.63) is 28.8 Å². The number of rotatable bonds is 6. The molecule has 1 aromatic carbocycles. The summed E-state index contributed by atoms with van der Waals surface area (Å²) in [5, 5.41) is 0.595. The van der Waals surface area contributed by atoms with E-state index in [-0.39, 0.29) is 6.04 Å². The van der Waals surface area contributed by atoms with Crippen LogP contribution < -0.4 is 16.0 Å². The molecule has 1 atom stereocenters. The van der Waals surface area contributed by atoms with E-state index in [1.807, 2.05) is 11.8 Å². The van der Waals surface area contributed by atoms with Crippen LogP contribution in [0.3, 0.4) is 0 Å². The predicted octanol–water partition coefficient (Wildman–Crippen LogP) is 2.96. The van der Waals surface area contributed by atoms with Crippen LogP contribution in [0.5, 0.6) is 5.75 Å². The molecule has 0 aromatic heterocycles. The Labute approximate surface area is 114 Å². The van der Waals surface area contributed by atoms with Gasteiger partial charge in [-0.3, -0.25) is 11.3 Å². The zero-order valence-electron chi connectivity index (χ0n) is 11.9. The summed E-state index contributed by atoms with van der Waals surface area (Å²) < 4.78 is 5.49. The fourth-order valence-corrected chi connectivity index (χ4v) is 2.90. The third-order valence-electron chi connectivity index (χ3n) is 2.86. The largest absolute Gasteiger partial charge is 0.496 e. The van der Waals surface area contributed by atoms with Gasteiger partial charge in [0.15, 0.2) is 0 Å². The van der Waals surface area contributed by atoms with Gasteiger partial charge in [-0.15, -0.1) is 0 Å². The minimum absolute atomic E-state index is 0.118. The first kappa shape index (κ1) is 15.3. The van der Waals surface area contributed by atoms with Crippen LogP contribution in [0.15, 0.2) is 12.1 Å². The van der Waals surface area contributed by atoms with Gasteiger partial charge < -0.3 is 4.74 Å². The third-order valence-corrected chi connectivity index (χ3v) is 4.05. The van der Waals surface area contributed by atoms with Crippen molar-refractivity contribution >= 4 is 11.8 Å². The molecule has 1 rings (SSSR count). The van der Waals surface area contributed by atoms with Crippen molar-refractivity contribution in [1.29, 1.82) is 0 Å². The SMILES string of the molecule is COc1cc(C)cc(C)c1C(CSC(C)C)NN. The summed E-state index contributed by atoms with van der Waals surface area (Å²) in [4.78, 5) is 0. The molecule has 0 radical (unpaired) electrons. The van der Waals surface area contributed by atoms with Crippen molar-refractivity contribution in [2.24, 2.45) is 5.84 Å². The third kappa shape index (κ3) is 3.90. The number of hydrazine groups is 1. The van der Waals surface area contributed by atoms with Crippen LogP contribution in [0, 0.1) is 13.8 Å². The fraction of sp³-hybridized carbons (Fsp3) is 0.571. The number of aryl methyl sites for hydroxylation is 2. The predicted molar refractivity (Wildman–Crippen MR) is 80.1 cm³/mol. The van der Waals surface area contributed by atoms with E-state index in [1.54, 1.807) is 7.11 Å². The maximum absolute atomic E-state index is 5.70. The molecule has 1 unspecified atom stereocenters. The highest BCUT2D eigenvalue weighted by Gasteiger charge is 2.18. The van der Waals surface area contributed by atoms with Gasteiger partial charge in [0.2, 0.25) is 0 Å². The molecule has 0 bridgehead atoms.